The second-order valence-electron chi connectivity index (χ2n) is 3.64. The van der Waals surface area contributed by atoms with E-state index in [0.717, 1.165) is 19.6 Å². The van der Waals surface area contributed by atoms with Crippen LogP contribution in [-0.4, -0.2) is 4.98 Å². The van der Waals surface area contributed by atoms with E-state index in [1.807, 2.05) is 6.20 Å². The summed E-state index contributed by atoms with van der Waals surface area (Å²) >= 11 is 0. The molecular weight excluding hydrogens is 162 g/mol. The third kappa shape index (κ3) is 1.46. The molecule has 0 radical (unpaired) electrons. The first-order valence-electron chi connectivity index (χ1n) is 4.87. The summed E-state index contributed by atoms with van der Waals surface area (Å²) < 4.78 is 5.41. The van der Waals surface area contributed by atoms with Gasteiger partial charge in [0.25, 0.3) is 0 Å². The lowest BCUT2D eigenvalue weighted by Crippen LogP contribution is -2.01. The molecule has 0 N–H and O–H groups in total. The molecule has 0 aromatic carbocycles. The Hall–Kier alpha value is -0.890. The van der Waals surface area contributed by atoms with Crippen LogP contribution in [0.4, 0.5) is 0 Å². The van der Waals surface area contributed by atoms with Gasteiger partial charge in [-0.3, -0.25) is 4.98 Å². The predicted molar refractivity (Wildman–Crippen MR) is 51.4 cm³/mol. The molecule has 2 rings (SSSR count). The lowest BCUT2D eigenvalue weighted by molar-refractivity contribution is 0.134. The first-order valence-corrected chi connectivity index (χ1v) is 4.87. The van der Waals surface area contributed by atoms with Crippen molar-refractivity contribution in [1.29, 1.82) is 0 Å². The van der Waals surface area contributed by atoms with Gasteiger partial charge in [0, 0.05) is 17.5 Å². The number of fused-ring (bicyclic) bond motifs is 1. The van der Waals surface area contributed by atoms with Gasteiger partial charge in [0.2, 0.25) is 0 Å². The minimum absolute atomic E-state index is 0.552. The fourth-order valence-electron chi connectivity index (χ4n) is 1.73. The van der Waals surface area contributed by atoms with Crippen LogP contribution in [0.3, 0.4) is 0 Å². The highest BCUT2D eigenvalue weighted by Crippen LogP contribution is 2.27. The zero-order valence-corrected chi connectivity index (χ0v) is 8.21. The summed E-state index contributed by atoms with van der Waals surface area (Å²) in [6.07, 6.45) is 3.04. The van der Waals surface area contributed by atoms with Crippen molar-refractivity contribution in [2.75, 3.05) is 0 Å². The Bertz CT molecular complexity index is 309. The molecule has 0 amide bonds. The molecule has 0 aliphatic carbocycles. The van der Waals surface area contributed by atoms with E-state index in [-0.39, 0.29) is 0 Å². The summed E-state index contributed by atoms with van der Waals surface area (Å²) in [6, 6.07) is 2.06. The Morgan fingerprint density at radius 3 is 3.15 bits per heavy atom. The molecule has 2 heterocycles. The molecule has 1 aliphatic rings. The standard InChI is InChI=1S/C11H15NO/c1-3-8(2)11-10-7-13-6-9(10)4-5-12-11/h4-5,8H,3,6-7H2,1-2H3. The molecular formula is C11H15NO. The quantitative estimate of drug-likeness (QED) is 0.692. The second kappa shape index (κ2) is 3.46. The van der Waals surface area contributed by atoms with Gasteiger partial charge in [-0.2, -0.15) is 0 Å². The molecule has 0 spiro atoms. The highest BCUT2D eigenvalue weighted by atomic mass is 16.5. The molecule has 1 aromatic heterocycles. The van der Waals surface area contributed by atoms with E-state index < -0.39 is 0 Å². The van der Waals surface area contributed by atoms with Crippen molar-refractivity contribution < 1.29 is 4.74 Å². The van der Waals surface area contributed by atoms with Crippen LogP contribution in [-0.2, 0) is 18.0 Å². The van der Waals surface area contributed by atoms with E-state index in [2.05, 4.69) is 24.9 Å². The molecule has 13 heavy (non-hydrogen) atoms. The minimum Gasteiger partial charge on any atom is -0.372 e. The minimum atomic E-state index is 0.552. The normalized spacial score (nSPS) is 17.1. The van der Waals surface area contributed by atoms with Crippen molar-refractivity contribution >= 4 is 0 Å². The molecule has 0 saturated carbocycles. The summed E-state index contributed by atoms with van der Waals surface area (Å²) in [5.74, 6) is 0.552. The fraction of sp³-hybridized carbons (Fsp3) is 0.545. The van der Waals surface area contributed by atoms with E-state index >= 15 is 0 Å². The number of ether oxygens (including phenoxy) is 1. The maximum atomic E-state index is 5.41. The maximum Gasteiger partial charge on any atom is 0.0742 e. The van der Waals surface area contributed by atoms with Crippen LogP contribution < -0.4 is 0 Å². The van der Waals surface area contributed by atoms with Gasteiger partial charge in [-0.25, -0.2) is 0 Å². The molecule has 0 fully saturated rings. The zero-order valence-electron chi connectivity index (χ0n) is 8.21. The maximum absolute atomic E-state index is 5.41. The van der Waals surface area contributed by atoms with E-state index in [9.17, 15) is 0 Å². The summed E-state index contributed by atoms with van der Waals surface area (Å²) in [5.41, 5.74) is 3.89. The SMILES string of the molecule is CCC(C)c1nccc2c1COC2. The van der Waals surface area contributed by atoms with E-state index in [1.165, 1.54) is 16.8 Å². The van der Waals surface area contributed by atoms with Crippen molar-refractivity contribution in [2.45, 2.75) is 39.4 Å². The third-order valence-electron chi connectivity index (χ3n) is 2.77. The average molecular weight is 177 g/mol. The van der Waals surface area contributed by atoms with Crippen LogP contribution in [0.5, 0.6) is 0 Å². The third-order valence-corrected chi connectivity index (χ3v) is 2.77. The van der Waals surface area contributed by atoms with Gasteiger partial charge < -0.3 is 4.74 Å². The summed E-state index contributed by atoms with van der Waals surface area (Å²) in [6.45, 7) is 5.94. The van der Waals surface area contributed by atoms with E-state index in [4.69, 9.17) is 4.74 Å². The summed E-state index contributed by atoms with van der Waals surface area (Å²) in [5, 5.41) is 0. The van der Waals surface area contributed by atoms with Crippen LogP contribution in [0, 0.1) is 0 Å². The Balaban J connectivity index is 2.41. The number of nitrogens with zero attached hydrogens (tertiary/aromatic N) is 1. The Kier molecular flexibility index (Phi) is 2.32. The van der Waals surface area contributed by atoms with Crippen LogP contribution in [0.1, 0.15) is 43.0 Å². The molecule has 70 valence electrons. The van der Waals surface area contributed by atoms with E-state index in [0.29, 0.717) is 5.92 Å². The molecule has 0 bridgehead atoms. The molecule has 1 unspecified atom stereocenters. The molecule has 2 nitrogen and oxygen atoms in total. The van der Waals surface area contributed by atoms with Gasteiger partial charge in [-0.1, -0.05) is 13.8 Å². The van der Waals surface area contributed by atoms with Crippen molar-refractivity contribution in [2.24, 2.45) is 0 Å². The van der Waals surface area contributed by atoms with Gasteiger partial charge >= 0.3 is 0 Å². The van der Waals surface area contributed by atoms with Crippen LogP contribution in [0.25, 0.3) is 0 Å². The number of hydrogen-bond acceptors (Lipinski definition) is 2. The zero-order chi connectivity index (χ0) is 9.26. The number of rotatable bonds is 2. The second-order valence-corrected chi connectivity index (χ2v) is 3.64. The summed E-state index contributed by atoms with van der Waals surface area (Å²) in [7, 11) is 0. The topological polar surface area (TPSA) is 22.1 Å². The molecule has 1 aromatic rings. The molecule has 2 heteroatoms. The number of hydrogen-bond donors (Lipinski definition) is 0. The van der Waals surface area contributed by atoms with Gasteiger partial charge in [0.1, 0.15) is 0 Å². The van der Waals surface area contributed by atoms with Crippen LogP contribution >= 0.6 is 0 Å². The van der Waals surface area contributed by atoms with Crippen LogP contribution in [0.2, 0.25) is 0 Å². The Morgan fingerprint density at radius 1 is 1.54 bits per heavy atom. The van der Waals surface area contributed by atoms with Gasteiger partial charge in [0.15, 0.2) is 0 Å². The van der Waals surface area contributed by atoms with Crippen molar-refractivity contribution in [3.63, 3.8) is 0 Å². The van der Waals surface area contributed by atoms with Gasteiger partial charge in [-0.05, 0) is 24.0 Å². The highest BCUT2D eigenvalue weighted by Gasteiger charge is 2.18. The number of aromatic nitrogens is 1. The van der Waals surface area contributed by atoms with Crippen molar-refractivity contribution in [1.82, 2.24) is 4.98 Å². The summed E-state index contributed by atoms with van der Waals surface area (Å²) in [4.78, 5) is 4.44. The van der Waals surface area contributed by atoms with Gasteiger partial charge in [0.05, 0.1) is 13.2 Å². The van der Waals surface area contributed by atoms with Crippen molar-refractivity contribution in [3.05, 3.63) is 29.1 Å². The largest absolute Gasteiger partial charge is 0.372 e. The fourth-order valence-corrected chi connectivity index (χ4v) is 1.73. The lowest BCUT2D eigenvalue weighted by Gasteiger charge is -2.11. The van der Waals surface area contributed by atoms with Crippen LogP contribution in [0.15, 0.2) is 12.3 Å². The number of pyridine rings is 1. The lowest BCUT2D eigenvalue weighted by atomic mass is 9.98. The Morgan fingerprint density at radius 2 is 2.38 bits per heavy atom. The highest BCUT2D eigenvalue weighted by molar-refractivity contribution is 5.33. The predicted octanol–water partition coefficient (Wildman–Crippen LogP) is 2.63. The monoisotopic (exact) mass is 177 g/mol. The smallest absolute Gasteiger partial charge is 0.0742 e. The average Bonchev–Trinajstić information content (AvgIpc) is 2.63. The van der Waals surface area contributed by atoms with E-state index in [1.54, 1.807) is 0 Å². The molecule has 1 atom stereocenters. The first kappa shape index (κ1) is 8.70. The van der Waals surface area contributed by atoms with Crippen molar-refractivity contribution in [3.8, 4) is 0 Å². The molecule has 0 saturated heterocycles. The Labute approximate surface area is 78.9 Å². The van der Waals surface area contributed by atoms with Gasteiger partial charge in [-0.15, -0.1) is 0 Å². The first-order chi connectivity index (χ1) is 6.33. The molecule has 1 aliphatic heterocycles.